The Kier molecular flexibility index (Phi) is 3.49. The first kappa shape index (κ1) is 10.4. The molecule has 0 aliphatic carbocycles. The summed E-state index contributed by atoms with van der Waals surface area (Å²) in [5.41, 5.74) is 6.89. The number of aromatic amines is 1. The molecule has 0 amide bonds. The number of nitrogens with zero attached hydrogens (tertiary/aromatic N) is 3. The van der Waals surface area contributed by atoms with Crippen molar-refractivity contribution in [1.29, 1.82) is 0 Å². The van der Waals surface area contributed by atoms with Crippen LogP contribution in [0.4, 0.5) is 0 Å². The molecule has 5 nitrogen and oxygen atoms in total. The predicted molar refractivity (Wildman–Crippen MR) is 62.8 cm³/mol. The third-order valence-electron chi connectivity index (χ3n) is 2.30. The van der Waals surface area contributed by atoms with Gasteiger partial charge in [0.2, 0.25) is 0 Å². The van der Waals surface area contributed by atoms with Crippen LogP contribution in [0.1, 0.15) is 5.69 Å². The Morgan fingerprint density at radius 1 is 1.60 bits per heavy atom. The van der Waals surface area contributed by atoms with Crippen LogP contribution in [-0.4, -0.2) is 45.7 Å². The smallest absolute Gasteiger partial charge is 0.191 e. The van der Waals surface area contributed by atoms with Gasteiger partial charge < -0.3 is 10.6 Å². The van der Waals surface area contributed by atoms with Crippen LogP contribution in [0, 0.1) is 0 Å². The van der Waals surface area contributed by atoms with Crippen molar-refractivity contribution < 1.29 is 0 Å². The standard InChI is InChI=1S/C9H15N5S/c10-9(14-3-5-15-6-4-14)11-7-8-1-2-12-13-8/h1-2H,3-7H2,(H2,10,11)(H,12,13). The molecular formula is C9H15N5S. The quantitative estimate of drug-likeness (QED) is 0.560. The van der Waals surface area contributed by atoms with Crippen molar-refractivity contribution in [3.63, 3.8) is 0 Å². The second-order valence-electron chi connectivity index (χ2n) is 3.36. The van der Waals surface area contributed by atoms with E-state index in [1.54, 1.807) is 6.20 Å². The summed E-state index contributed by atoms with van der Waals surface area (Å²) >= 11 is 1.96. The summed E-state index contributed by atoms with van der Waals surface area (Å²) < 4.78 is 0. The van der Waals surface area contributed by atoms with Crippen LogP contribution in [0.25, 0.3) is 0 Å². The Balaban J connectivity index is 1.88. The molecule has 2 heterocycles. The van der Waals surface area contributed by atoms with Gasteiger partial charge in [-0.15, -0.1) is 0 Å². The van der Waals surface area contributed by atoms with Crippen LogP contribution >= 0.6 is 11.8 Å². The monoisotopic (exact) mass is 225 g/mol. The number of thioether (sulfide) groups is 1. The van der Waals surface area contributed by atoms with E-state index in [1.807, 2.05) is 17.8 Å². The number of guanidine groups is 1. The van der Waals surface area contributed by atoms with E-state index in [1.165, 1.54) is 0 Å². The number of hydrogen-bond acceptors (Lipinski definition) is 3. The van der Waals surface area contributed by atoms with Gasteiger partial charge >= 0.3 is 0 Å². The fraction of sp³-hybridized carbons (Fsp3) is 0.556. The maximum atomic E-state index is 5.90. The summed E-state index contributed by atoms with van der Waals surface area (Å²) in [5.74, 6) is 2.92. The fourth-order valence-electron chi connectivity index (χ4n) is 1.43. The van der Waals surface area contributed by atoms with Gasteiger partial charge in [-0.2, -0.15) is 16.9 Å². The molecule has 1 aromatic heterocycles. The summed E-state index contributed by atoms with van der Waals surface area (Å²) in [7, 11) is 0. The number of hydrogen-bond donors (Lipinski definition) is 2. The predicted octanol–water partition coefficient (Wildman–Crippen LogP) is 0.273. The lowest BCUT2D eigenvalue weighted by molar-refractivity contribution is 0.455. The molecule has 1 fully saturated rings. The number of H-pyrrole nitrogens is 1. The Morgan fingerprint density at radius 3 is 3.07 bits per heavy atom. The SMILES string of the molecule is NC(=NCc1ccn[nH]1)N1CCSCC1. The van der Waals surface area contributed by atoms with Crippen molar-refractivity contribution in [3.8, 4) is 0 Å². The molecule has 82 valence electrons. The van der Waals surface area contributed by atoms with Crippen molar-refractivity contribution in [2.75, 3.05) is 24.6 Å². The molecule has 0 spiro atoms. The molecule has 15 heavy (non-hydrogen) atoms. The van der Waals surface area contributed by atoms with E-state index in [4.69, 9.17) is 5.73 Å². The maximum Gasteiger partial charge on any atom is 0.191 e. The van der Waals surface area contributed by atoms with Crippen LogP contribution in [0.3, 0.4) is 0 Å². The average Bonchev–Trinajstić information content (AvgIpc) is 2.80. The number of aromatic nitrogens is 2. The summed E-state index contributed by atoms with van der Waals surface area (Å²) in [6.45, 7) is 2.58. The Labute approximate surface area is 93.1 Å². The highest BCUT2D eigenvalue weighted by atomic mass is 32.2. The topological polar surface area (TPSA) is 70.3 Å². The van der Waals surface area contributed by atoms with Gasteiger partial charge in [0.15, 0.2) is 5.96 Å². The lowest BCUT2D eigenvalue weighted by Crippen LogP contribution is -2.42. The van der Waals surface area contributed by atoms with Crippen molar-refractivity contribution >= 4 is 17.7 Å². The third kappa shape index (κ3) is 2.89. The summed E-state index contributed by atoms with van der Waals surface area (Å²) in [5, 5.41) is 6.72. The molecule has 0 saturated carbocycles. The minimum absolute atomic E-state index is 0.579. The molecule has 6 heteroatoms. The van der Waals surface area contributed by atoms with E-state index in [0.29, 0.717) is 12.5 Å². The molecule has 1 aliphatic heterocycles. The van der Waals surface area contributed by atoms with Gasteiger partial charge in [-0.25, -0.2) is 4.99 Å². The number of nitrogens with one attached hydrogen (secondary N) is 1. The fourth-order valence-corrected chi connectivity index (χ4v) is 2.33. The van der Waals surface area contributed by atoms with Crippen molar-refractivity contribution in [1.82, 2.24) is 15.1 Å². The molecule has 0 atom stereocenters. The van der Waals surface area contributed by atoms with E-state index >= 15 is 0 Å². The van der Waals surface area contributed by atoms with Gasteiger partial charge in [0.05, 0.1) is 12.2 Å². The first-order valence-corrected chi connectivity index (χ1v) is 6.12. The van der Waals surface area contributed by atoms with Crippen molar-refractivity contribution in [2.45, 2.75) is 6.54 Å². The molecule has 0 radical (unpaired) electrons. The number of rotatable bonds is 2. The Hall–Kier alpha value is -1.17. The molecule has 1 saturated heterocycles. The highest BCUT2D eigenvalue weighted by molar-refractivity contribution is 7.99. The zero-order valence-electron chi connectivity index (χ0n) is 8.52. The second kappa shape index (κ2) is 5.06. The lowest BCUT2D eigenvalue weighted by Gasteiger charge is -2.27. The molecule has 0 bridgehead atoms. The minimum atomic E-state index is 0.579. The molecule has 0 unspecified atom stereocenters. The second-order valence-corrected chi connectivity index (χ2v) is 4.58. The van der Waals surface area contributed by atoms with E-state index < -0.39 is 0 Å². The first-order valence-electron chi connectivity index (χ1n) is 4.97. The van der Waals surface area contributed by atoms with E-state index in [-0.39, 0.29) is 0 Å². The minimum Gasteiger partial charge on any atom is -0.370 e. The Morgan fingerprint density at radius 2 is 2.40 bits per heavy atom. The zero-order valence-corrected chi connectivity index (χ0v) is 9.33. The first-order chi connectivity index (χ1) is 7.36. The number of nitrogens with two attached hydrogens (primary N) is 1. The van der Waals surface area contributed by atoms with Crippen LogP contribution < -0.4 is 5.73 Å². The van der Waals surface area contributed by atoms with Gasteiger partial charge in [-0.3, -0.25) is 5.10 Å². The molecule has 1 aliphatic rings. The highest BCUT2D eigenvalue weighted by Gasteiger charge is 2.11. The van der Waals surface area contributed by atoms with Gasteiger partial charge in [0.1, 0.15) is 0 Å². The van der Waals surface area contributed by atoms with Crippen LogP contribution in [0.15, 0.2) is 17.3 Å². The molecule has 3 N–H and O–H groups in total. The van der Waals surface area contributed by atoms with E-state index in [9.17, 15) is 0 Å². The maximum absolute atomic E-state index is 5.90. The summed E-state index contributed by atoms with van der Waals surface area (Å²) in [6, 6.07) is 1.91. The normalized spacial score (nSPS) is 18.1. The van der Waals surface area contributed by atoms with Gasteiger partial charge in [0.25, 0.3) is 0 Å². The van der Waals surface area contributed by atoms with E-state index in [0.717, 1.165) is 30.3 Å². The highest BCUT2D eigenvalue weighted by Crippen LogP contribution is 2.08. The van der Waals surface area contributed by atoms with E-state index in [2.05, 4.69) is 20.1 Å². The summed E-state index contributed by atoms with van der Waals surface area (Å²) in [4.78, 5) is 6.46. The largest absolute Gasteiger partial charge is 0.370 e. The third-order valence-corrected chi connectivity index (χ3v) is 3.25. The van der Waals surface area contributed by atoms with Crippen LogP contribution in [-0.2, 0) is 6.54 Å². The number of aliphatic imine (C=N–C) groups is 1. The molecular weight excluding hydrogens is 210 g/mol. The van der Waals surface area contributed by atoms with Gasteiger partial charge in [-0.05, 0) is 6.07 Å². The van der Waals surface area contributed by atoms with Crippen molar-refractivity contribution in [3.05, 3.63) is 18.0 Å². The van der Waals surface area contributed by atoms with Crippen molar-refractivity contribution in [2.24, 2.45) is 10.7 Å². The molecule has 2 rings (SSSR count). The molecule has 0 aromatic carbocycles. The van der Waals surface area contributed by atoms with Crippen LogP contribution in [0.2, 0.25) is 0 Å². The lowest BCUT2D eigenvalue weighted by atomic mass is 10.4. The average molecular weight is 225 g/mol. The summed E-state index contributed by atoms with van der Waals surface area (Å²) in [6.07, 6.45) is 1.72. The zero-order chi connectivity index (χ0) is 10.5. The molecule has 1 aromatic rings. The Bertz CT molecular complexity index is 315. The van der Waals surface area contributed by atoms with Gasteiger partial charge in [0, 0.05) is 30.8 Å². The van der Waals surface area contributed by atoms with Crippen LogP contribution in [0.5, 0.6) is 0 Å². The van der Waals surface area contributed by atoms with Gasteiger partial charge in [-0.1, -0.05) is 0 Å².